The standard InChI is InChI=1S/C18H12F3N5/c19-18(20,21)13-5-1-2-6-15(13)26-17-23-9-7-14(25-17)12-10-24-16-11(12)4-3-8-22-16/h1-10H,(H,22,24)(H,23,25,26). The van der Waals surface area contributed by atoms with Crippen molar-refractivity contribution >= 4 is 22.7 Å². The number of hydrogen-bond acceptors (Lipinski definition) is 4. The van der Waals surface area contributed by atoms with Crippen LogP contribution in [0.25, 0.3) is 22.3 Å². The summed E-state index contributed by atoms with van der Waals surface area (Å²) in [5, 5.41) is 3.53. The fourth-order valence-electron chi connectivity index (χ4n) is 2.70. The van der Waals surface area contributed by atoms with Crippen LogP contribution in [0.3, 0.4) is 0 Å². The Bertz CT molecular complexity index is 1070. The molecule has 26 heavy (non-hydrogen) atoms. The predicted molar refractivity (Wildman–Crippen MR) is 91.8 cm³/mol. The molecule has 1 aromatic carbocycles. The first-order valence-electron chi connectivity index (χ1n) is 7.71. The third-order valence-electron chi connectivity index (χ3n) is 3.86. The minimum atomic E-state index is -4.47. The van der Waals surface area contributed by atoms with Crippen LogP contribution in [-0.4, -0.2) is 19.9 Å². The third-order valence-corrected chi connectivity index (χ3v) is 3.86. The summed E-state index contributed by atoms with van der Waals surface area (Å²) in [5.74, 6) is 0.0810. The molecule has 2 N–H and O–H groups in total. The number of hydrogen-bond donors (Lipinski definition) is 2. The molecule has 0 saturated carbocycles. The van der Waals surface area contributed by atoms with Crippen LogP contribution < -0.4 is 5.32 Å². The zero-order valence-electron chi connectivity index (χ0n) is 13.2. The predicted octanol–water partition coefficient (Wildman–Crippen LogP) is 4.78. The maximum atomic E-state index is 13.1. The number of nitrogens with zero attached hydrogens (tertiary/aromatic N) is 3. The lowest BCUT2D eigenvalue weighted by Gasteiger charge is -2.13. The second-order valence-corrected chi connectivity index (χ2v) is 5.54. The van der Waals surface area contributed by atoms with E-state index >= 15 is 0 Å². The molecular weight excluding hydrogens is 343 g/mol. The van der Waals surface area contributed by atoms with Crippen molar-refractivity contribution in [2.75, 3.05) is 5.32 Å². The van der Waals surface area contributed by atoms with Crippen LogP contribution in [0.2, 0.25) is 0 Å². The van der Waals surface area contributed by atoms with E-state index in [0.29, 0.717) is 11.3 Å². The molecule has 0 aliphatic carbocycles. The van der Waals surface area contributed by atoms with Gasteiger partial charge in [-0.25, -0.2) is 15.0 Å². The highest BCUT2D eigenvalue weighted by atomic mass is 19.4. The molecule has 3 aromatic heterocycles. The number of aromatic amines is 1. The summed E-state index contributed by atoms with van der Waals surface area (Å²) < 4.78 is 39.4. The summed E-state index contributed by atoms with van der Waals surface area (Å²) in [6, 6.07) is 10.6. The van der Waals surface area contributed by atoms with E-state index in [-0.39, 0.29) is 11.6 Å². The summed E-state index contributed by atoms with van der Waals surface area (Å²) in [6.45, 7) is 0. The van der Waals surface area contributed by atoms with Gasteiger partial charge in [-0.3, -0.25) is 0 Å². The number of aromatic nitrogens is 4. The zero-order chi connectivity index (χ0) is 18.1. The smallest absolute Gasteiger partial charge is 0.345 e. The maximum Gasteiger partial charge on any atom is 0.418 e. The number of rotatable bonds is 3. The van der Waals surface area contributed by atoms with Crippen molar-refractivity contribution in [2.24, 2.45) is 0 Å². The first kappa shape index (κ1) is 16.1. The molecule has 4 aromatic rings. The molecule has 130 valence electrons. The lowest BCUT2D eigenvalue weighted by Crippen LogP contribution is -2.09. The quantitative estimate of drug-likeness (QED) is 0.555. The van der Waals surface area contributed by atoms with Gasteiger partial charge in [0.05, 0.1) is 16.9 Å². The van der Waals surface area contributed by atoms with E-state index in [0.717, 1.165) is 17.0 Å². The van der Waals surface area contributed by atoms with Gasteiger partial charge in [-0.15, -0.1) is 0 Å². The SMILES string of the molecule is FC(F)(F)c1ccccc1Nc1nccc(-c2c[nH]c3ncccc23)n1. The highest BCUT2D eigenvalue weighted by Crippen LogP contribution is 2.35. The van der Waals surface area contributed by atoms with Gasteiger partial charge in [0.15, 0.2) is 0 Å². The first-order chi connectivity index (χ1) is 12.5. The van der Waals surface area contributed by atoms with Crippen LogP contribution in [0.5, 0.6) is 0 Å². The van der Waals surface area contributed by atoms with Crippen molar-refractivity contribution in [3.8, 4) is 11.3 Å². The van der Waals surface area contributed by atoms with E-state index in [1.165, 1.54) is 24.4 Å². The Hall–Kier alpha value is -3.42. The molecule has 4 rings (SSSR count). The lowest BCUT2D eigenvalue weighted by molar-refractivity contribution is -0.136. The first-order valence-corrected chi connectivity index (χ1v) is 7.71. The number of fused-ring (bicyclic) bond motifs is 1. The molecular formula is C18H12F3N5. The van der Waals surface area contributed by atoms with Crippen LogP contribution >= 0.6 is 0 Å². The highest BCUT2D eigenvalue weighted by molar-refractivity contribution is 5.92. The van der Waals surface area contributed by atoms with Crippen molar-refractivity contribution in [1.29, 1.82) is 0 Å². The number of H-pyrrole nitrogens is 1. The Balaban J connectivity index is 1.72. The van der Waals surface area contributed by atoms with Crippen molar-refractivity contribution in [3.63, 3.8) is 0 Å². The van der Waals surface area contributed by atoms with Crippen LogP contribution in [0, 0.1) is 0 Å². The molecule has 0 unspecified atom stereocenters. The number of halogens is 3. The largest absolute Gasteiger partial charge is 0.418 e. The number of para-hydroxylation sites is 1. The Labute approximate surface area is 146 Å². The number of pyridine rings is 1. The van der Waals surface area contributed by atoms with E-state index in [4.69, 9.17) is 0 Å². The van der Waals surface area contributed by atoms with Gasteiger partial charge in [0.1, 0.15) is 5.65 Å². The second kappa shape index (κ2) is 6.14. The second-order valence-electron chi connectivity index (χ2n) is 5.54. The van der Waals surface area contributed by atoms with E-state index in [2.05, 4.69) is 25.3 Å². The van der Waals surface area contributed by atoms with Gasteiger partial charge in [0.25, 0.3) is 0 Å². The molecule has 3 heterocycles. The zero-order valence-corrected chi connectivity index (χ0v) is 13.2. The average Bonchev–Trinajstić information content (AvgIpc) is 3.06. The number of nitrogens with one attached hydrogen (secondary N) is 2. The van der Waals surface area contributed by atoms with Crippen LogP contribution in [0.4, 0.5) is 24.8 Å². The molecule has 8 heteroatoms. The minimum Gasteiger partial charge on any atom is -0.345 e. The minimum absolute atomic E-state index is 0.0810. The van der Waals surface area contributed by atoms with Crippen molar-refractivity contribution in [2.45, 2.75) is 6.18 Å². The van der Waals surface area contributed by atoms with Crippen molar-refractivity contribution in [1.82, 2.24) is 19.9 Å². The molecule has 0 aliphatic heterocycles. The van der Waals surface area contributed by atoms with E-state index < -0.39 is 11.7 Å². The van der Waals surface area contributed by atoms with Gasteiger partial charge in [-0.05, 0) is 30.3 Å². The van der Waals surface area contributed by atoms with Crippen molar-refractivity contribution < 1.29 is 13.2 Å². The summed E-state index contributed by atoms with van der Waals surface area (Å²) in [6.07, 6.45) is 0.455. The molecule has 0 bridgehead atoms. The fraction of sp³-hybridized carbons (Fsp3) is 0.0556. The van der Waals surface area contributed by atoms with Crippen LogP contribution in [-0.2, 0) is 6.18 Å². The van der Waals surface area contributed by atoms with Crippen molar-refractivity contribution in [3.05, 3.63) is 66.6 Å². The molecule has 5 nitrogen and oxygen atoms in total. The fourth-order valence-corrected chi connectivity index (χ4v) is 2.70. The number of anilines is 2. The maximum absolute atomic E-state index is 13.1. The van der Waals surface area contributed by atoms with Gasteiger partial charge in [-0.1, -0.05) is 12.1 Å². The average molecular weight is 355 g/mol. The van der Waals surface area contributed by atoms with E-state index in [1.807, 2.05) is 6.07 Å². The van der Waals surface area contributed by atoms with E-state index in [9.17, 15) is 13.2 Å². The normalized spacial score (nSPS) is 11.7. The van der Waals surface area contributed by atoms with Gasteiger partial charge in [-0.2, -0.15) is 13.2 Å². The molecule has 0 saturated heterocycles. The Kier molecular flexibility index (Phi) is 3.80. The number of alkyl halides is 3. The third kappa shape index (κ3) is 2.97. The monoisotopic (exact) mass is 355 g/mol. The van der Waals surface area contributed by atoms with Gasteiger partial charge in [0.2, 0.25) is 5.95 Å². The Morgan fingerprint density at radius 3 is 2.62 bits per heavy atom. The van der Waals surface area contributed by atoms with Gasteiger partial charge in [0, 0.05) is 29.5 Å². The Morgan fingerprint density at radius 2 is 1.77 bits per heavy atom. The van der Waals surface area contributed by atoms with Crippen LogP contribution in [0.15, 0.2) is 61.1 Å². The molecule has 0 aliphatic rings. The van der Waals surface area contributed by atoms with E-state index in [1.54, 1.807) is 24.5 Å². The number of benzene rings is 1. The molecule has 0 atom stereocenters. The molecule has 0 radical (unpaired) electrons. The molecule has 0 spiro atoms. The molecule has 0 fully saturated rings. The summed E-state index contributed by atoms with van der Waals surface area (Å²) >= 11 is 0. The van der Waals surface area contributed by atoms with Gasteiger partial charge < -0.3 is 10.3 Å². The lowest BCUT2D eigenvalue weighted by atomic mass is 10.1. The summed E-state index contributed by atoms with van der Waals surface area (Å²) in [7, 11) is 0. The summed E-state index contributed by atoms with van der Waals surface area (Å²) in [5.41, 5.74) is 1.20. The Morgan fingerprint density at radius 1 is 0.923 bits per heavy atom. The van der Waals surface area contributed by atoms with Crippen LogP contribution in [0.1, 0.15) is 5.56 Å². The summed E-state index contributed by atoms with van der Waals surface area (Å²) in [4.78, 5) is 15.6. The highest BCUT2D eigenvalue weighted by Gasteiger charge is 2.33. The van der Waals surface area contributed by atoms with Gasteiger partial charge >= 0.3 is 6.18 Å². The topological polar surface area (TPSA) is 66.5 Å². The molecule has 0 amide bonds.